The fourth-order valence-corrected chi connectivity index (χ4v) is 4.28. The van der Waals surface area contributed by atoms with E-state index in [0.717, 1.165) is 6.54 Å². The fourth-order valence-electron chi connectivity index (χ4n) is 2.80. The maximum Gasteiger partial charge on any atom is 0.255 e. The van der Waals surface area contributed by atoms with Gasteiger partial charge in [0.15, 0.2) is 0 Å². The van der Waals surface area contributed by atoms with Crippen LogP contribution in [0.4, 0.5) is 4.39 Å². The molecule has 2 N–H and O–H groups in total. The minimum Gasteiger partial charge on any atom is -0.349 e. The number of carbonyl (C=O) groups is 2. The van der Waals surface area contributed by atoms with Gasteiger partial charge in [-0.2, -0.15) is 0 Å². The van der Waals surface area contributed by atoms with Crippen LogP contribution in [-0.2, 0) is 4.79 Å². The first-order valence-electron chi connectivity index (χ1n) is 8.58. The van der Waals surface area contributed by atoms with Gasteiger partial charge < -0.3 is 15.1 Å². The number of hydrogen-bond donors (Lipinski definition) is 2. The lowest BCUT2D eigenvalue weighted by Crippen LogP contribution is -3.06. The highest BCUT2D eigenvalue weighted by atomic mass is 32.2. The van der Waals surface area contributed by atoms with Gasteiger partial charge in [0.2, 0.25) is 5.91 Å². The van der Waals surface area contributed by atoms with Gasteiger partial charge in [-0.15, -0.1) is 11.8 Å². The summed E-state index contributed by atoms with van der Waals surface area (Å²) in [5.74, 6) is 0.0808. The van der Waals surface area contributed by atoms with Crippen molar-refractivity contribution in [1.29, 1.82) is 0 Å². The van der Waals surface area contributed by atoms with Crippen LogP contribution in [-0.4, -0.2) is 61.1 Å². The molecule has 0 saturated carbocycles. The van der Waals surface area contributed by atoms with Crippen LogP contribution >= 0.6 is 11.8 Å². The second-order valence-electron chi connectivity index (χ2n) is 6.95. The van der Waals surface area contributed by atoms with E-state index < -0.39 is 6.04 Å². The zero-order valence-electron chi connectivity index (χ0n) is 15.2. The Morgan fingerprint density at radius 3 is 2.52 bits per heavy atom. The molecule has 1 saturated heterocycles. The number of likely N-dealkylation sites (N-methyl/N-ethyl adjacent to an activating group) is 1. The lowest BCUT2D eigenvalue weighted by molar-refractivity contribution is -0.856. The highest BCUT2D eigenvalue weighted by Gasteiger charge is 2.42. The number of nitrogens with zero attached hydrogens (tertiary/aromatic N) is 1. The Morgan fingerprint density at radius 2 is 1.96 bits per heavy atom. The first kappa shape index (κ1) is 19.7. The Bertz CT molecular complexity index is 607. The van der Waals surface area contributed by atoms with Crippen LogP contribution in [0.15, 0.2) is 24.3 Å². The van der Waals surface area contributed by atoms with Crippen molar-refractivity contribution in [2.75, 3.05) is 32.9 Å². The summed E-state index contributed by atoms with van der Waals surface area (Å²) in [6.07, 6.45) is 0. The highest BCUT2D eigenvalue weighted by Crippen LogP contribution is 2.35. The van der Waals surface area contributed by atoms with Crippen LogP contribution in [0.2, 0.25) is 0 Å². The van der Waals surface area contributed by atoms with E-state index in [9.17, 15) is 14.0 Å². The molecule has 7 heteroatoms. The number of hydrogen-bond acceptors (Lipinski definition) is 3. The Labute approximate surface area is 152 Å². The Balaban J connectivity index is 2.16. The number of halogens is 1. The number of quaternary nitrogens is 1. The standard InChI is InChI=1S/C18H26FN3O2S/c1-12(2)18-22(17(24)13-5-7-14(19)8-6-13)15(11-25-18)16(23)20-9-10-21(3)4/h5-8,12,15,18H,9-11H2,1-4H3,(H,20,23)/p+1/t15-,18+/m1/s1. The van der Waals surface area contributed by atoms with Crippen molar-refractivity contribution in [2.24, 2.45) is 5.92 Å². The number of amides is 2. The number of nitrogens with one attached hydrogen (secondary N) is 2. The maximum atomic E-state index is 13.1. The molecular formula is C18H27FN3O2S+. The van der Waals surface area contributed by atoms with E-state index in [-0.39, 0.29) is 28.9 Å². The van der Waals surface area contributed by atoms with E-state index in [1.54, 1.807) is 16.7 Å². The number of benzene rings is 1. The summed E-state index contributed by atoms with van der Waals surface area (Å²) in [6, 6.07) is 5.00. The first-order chi connectivity index (χ1) is 11.8. The average molecular weight is 368 g/mol. The summed E-state index contributed by atoms with van der Waals surface area (Å²) in [5.41, 5.74) is 0.407. The Kier molecular flexibility index (Phi) is 6.84. The van der Waals surface area contributed by atoms with Crippen molar-refractivity contribution in [3.8, 4) is 0 Å². The van der Waals surface area contributed by atoms with Gasteiger partial charge in [0, 0.05) is 11.3 Å². The van der Waals surface area contributed by atoms with E-state index in [1.807, 2.05) is 27.9 Å². The van der Waals surface area contributed by atoms with Crippen molar-refractivity contribution in [1.82, 2.24) is 10.2 Å². The van der Waals surface area contributed by atoms with E-state index >= 15 is 0 Å². The normalized spacial score (nSPS) is 20.4. The van der Waals surface area contributed by atoms with Gasteiger partial charge in [-0.1, -0.05) is 13.8 Å². The third kappa shape index (κ3) is 4.95. The molecule has 1 aromatic carbocycles. The molecule has 1 aliphatic rings. The molecule has 25 heavy (non-hydrogen) atoms. The number of carbonyl (C=O) groups excluding carboxylic acids is 2. The molecule has 1 heterocycles. The zero-order chi connectivity index (χ0) is 18.6. The molecule has 2 amide bonds. The van der Waals surface area contributed by atoms with Crippen LogP contribution in [0, 0.1) is 11.7 Å². The smallest absolute Gasteiger partial charge is 0.255 e. The molecule has 0 unspecified atom stereocenters. The number of thioether (sulfide) groups is 1. The van der Waals surface area contributed by atoms with Gasteiger partial charge in [-0.25, -0.2) is 4.39 Å². The van der Waals surface area contributed by atoms with Crippen molar-refractivity contribution in [3.63, 3.8) is 0 Å². The summed E-state index contributed by atoms with van der Waals surface area (Å²) >= 11 is 1.63. The van der Waals surface area contributed by atoms with Crippen molar-refractivity contribution >= 4 is 23.6 Å². The van der Waals surface area contributed by atoms with Gasteiger partial charge in [0.1, 0.15) is 11.9 Å². The maximum absolute atomic E-state index is 13.1. The zero-order valence-corrected chi connectivity index (χ0v) is 16.0. The van der Waals surface area contributed by atoms with Crippen molar-refractivity contribution in [3.05, 3.63) is 35.6 Å². The molecule has 0 aromatic heterocycles. The summed E-state index contributed by atoms with van der Waals surface area (Å²) in [6.45, 7) is 5.48. The molecule has 2 atom stereocenters. The molecule has 0 bridgehead atoms. The average Bonchev–Trinajstić information content (AvgIpc) is 2.99. The van der Waals surface area contributed by atoms with Gasteiger partial charge in [-0.3, -0.25) is 9.59 Å². The van der Waals surface area contributed by atoms with Crippen LogP contribution < -0.4 is 10.2 Å². The largest absolute Gasteiger partial charge is 0.349 e. The third-order valence-electron chi connectivity index (χ3n) is 4.16. The Morgan fingerprint density at radius 1 is 1.32 bits per heavy atom. The summed E-state index contributed by atoms with van der Waals surface area (Å²) in [5, 5.41) is 2.87. The predicted molar refractivity (Wildman–Crippen MR) is 98.1 cm³/mol. The SMILES string of the molecule is CC(C)[C@@H]1SC[C@H](C(=O)NCC[NH+](C)C)N1C(=O)c1ccc(F)cc1. The topological polar surface area (TPSA) is 53.9 Å². The van der Waals surface area contributed by atoms with Crippen molar-refractivity contribution < 1.29 is 18.9 Å². The van der Waals surface area contributed by atoms with Crippen LogP contribution in [0.3, 0.4) is 0 Å². The van der Waals surface area contributed by atoms with Gasteiger partial charge in [0.05, 0.1) is 32.6 Å². The molecule has 1 aliphatic heterocycles. The molecule has 1 aromatic rings. The van der Waals surface area contributed by atoms with Crippen molar-refractivity contribution in [2.45, 2.75) is 25.3 Å². The molecule has 138 valence electrons. The van der Waals surface area contributed by atoms with E-state index in [4.69, 9.17) is 0 Å². The fraction of sp³-hybridized carbons (Fsp3) is 0.556. The van der Waals surface area contributed by atoms with Gasteiger partial charge in [0.25, 0.3) is 5.91 Å². The third-order valence-corrected chi connectivity index (χ3v) is 5.78. The van der Waals surface area contributed by atoms with Gasteiger partial charge in [-0.05, 0) is 30.2 Å². The second-order valence-corrected chi connectivity index (χ2v) is 8.10. The molecule has 5 nitrogen and oxygen atoms in total. The lowest BCUT2D eigenvalue weighted by atomic mass is 10.1. The van der Waals surface area contributed by atoms with E-state index in [1.165, 1.54) is 29.2 Å². The van der Waals surface area contributed by atoms with E-state index in [2.05, 4.69) is 5.32 Å². The molecule has 0 spiro atoms. The van der Waals surface area contributed by atoms with Crippen LogP contribution in [0.5, 0.6) is 0 Å². The molecule has 1 fully saturated rings. The van der Waals surface area contributed by atoms with Crippen LogP contribution in [0.25, 0.3) is 0 Å². The lowest BCUT2D eigenvalue weighted by Gasteiger charge is -2.31. The monoisotopic (exact) mass is 368 g/mol. The predicted octanol–water partition coefficient (Wildman–Crippen LogP) is 0.626. The van der Waals surface area contributed by atoms with Crippen LogP contribution in [0.1, 0.15) is 24.2 Å². The minimum atomic E-state index is -0.493. The molecule has 0 aliphatic carbocycles. The quantitative estimate of drug-likeness (QED) is 0.774. The first-order valence-corrected chi connectivity index (χ1v) is 9.62. The number of rotatable bonds is 6. The molecular weight excluding hydrogens is 341 g/mol. The summed E-state index contributed by atoms with van der Waals surface area (Å²) in [7, 11) is 4.05. The summed E-state index contributed by atoms with van der Waals surface area (Å²) in [4.78, 5) is 28.5. The molecule has 0 radical (unpaired) electrons. The Hall–Kier alpha value is -1.60. The summed E-state index contributed by atoms with van der Waals surface area (Å²) < 4.78 is 13.1. The van der Waals surface area contributed by atoms with Gasteiger partial charge >= 0.3 is 0 Å². The molecule has 2 rings (SSSR count). The highest BCUT2D eigenvalue weighted by molar-refractivity contribution is 8.00. The van der Waals surface area contributed by atoms with E-state index in [0.29, 0.717) is 17.9 Å². The second kappa shape index (κ2) is 8.67. The minimum absolute atomic E-state index is 0.0622.